The van der Waals surface area contributed by atoms with Crippen molar-refractivity contribution in [2.45, 2.75) is 6.10 Å². The molecule has 0 bridgehead atoms. The molecule has 1 N–H and O–H groups in total. The van der Waals surface area contributed by atoms with Gasteiger partial charge in [0.2, 0.25) is 0 Å². The topological polar surface area (TPSA) is 88.0 Å². The number of ether oxygens (including phenoxy) is 1. The minimum Gasteiger partial charge on any atom is -0.491 e. The summed E-state index contributed by atoms with van der Waals surface area (Å²) in [7, 11) is 0. The number of aliphatic hydroxyl groups excluding tert-OH is 1. The van der Waals surface area contributed by atoms with Crippen LogP contribution in [0.5, 0.6) is 5.75 Å². The van der Waals surface area contributed by atoms with Gasteiger partial charge in [-0.25, -0.2) is 8.78 Å². The SMILES string of the molecule is O[C@@H](COc1ccc(-c2noc3cc(F)ccc23)cc1)CN1CCN(c2noc3cc(F)ccc23)CC1. The van der Waals surface area contributed by atoms with Gasteiger partial charge in [0.15, 0.2) is 17.0 Å². The van der Waals surface area contributed by atoms with E-state index in [4.69, 9.17) is 13.8 Å². The Hall–Kier alpha value is -4.02. The van der Waals surface area contributed by atoms with Crippen LogP contribution in [0.3, 0.4) is 0 Å². The molecule has 3 heterocycles. The fourth-order valence-corrected chi connectivity index (χ4v) is 4.64. The third kappa shape index (κ3) is 4.85. The Morgan fingerprint density at radius 1 is 0.838 bits per heavy atom. The lowest BCUT2D eigenvalue weighted by molar-refractivity contribution is 0.0662. The second kappa shape index (κ2) is 9.79. The molecule has 0 radical (unpaired) electrons. The number of anilines is 1. The van der Waals surface area contributed by atoms with Crippen LogP contribution in [0.15, 0.2) is 69.7 Å². The minimum absolute atomic E-state index is 0.158. The van der Waals surface area contributed by atoms with Crippen LogP contribution in [-0.2, 0) is 0 Å². The number of fused-ring (bicyclic) bond motifs is 2. The van der Waals surface area contributed by atoms with Crippen molar-refractivity contribution in [3.63, 3.8) is 0 Å². The molecule has 0 spiro atoms. The summed E-state index contributed by atoms with van der Waals surface area (Å²) in [4.78, 5) is 4.29. The summed E-state index contributed by atoms with van der Waals surface area (Å²) in [5.41, 5.74) is 2.28. The van der Waals surface area contributed by atoms with E-state index in [0.29, 0.717) is 35.0 Å². The monoisotopic (exact) mass is 506 g/mol. The summed E-state index contributed by atoms with van der Waals surface area (Å²) < 4.78 is 43.1. The van der Waals surface area contributed by atoms with Gasteiger partial charge in [0.1, 0.15) is 35.8 Å². The van der Waals surface area contributed by atoms with Crippen LogP contribution in [0.2, 0.25) is 0 Å². The van der Waals surface area contributed by atoms with Crippen molar-refractivity contribution in [3.05, 3.63) is 72.3 Å². The minimum atomic E-state index is -0.656. The van der Waals surface area contributed by atoms with Gasteiger partial charge in [-0.3, -0.25) is 4.90 Å². The molecule has 2 aromatic heterocycles. The maximum atomic E-state index is 13.4. The maximum Gasteiger partial charge on any atom is 0.180 e. The van der Waals surface area contributed by atoms with E-state index in [9.17, 15) is 13.9 Å². The van der Waals surface area contributed by atoms with Crippen LogP contribution in [0, 0.1) is 11.6 Å². The molecule has 0 aliphatic carbocycles. The molecule has 10 heteroatoms. The number of benzene rings is 3. The van der Waals surface area contributed by atoms with Crippen molar-refractivity contribution in [2.75, 3.05) is 44.2 Å². The molecular weight excluding hydrogens is 482 g/mol. The van der Waals surface area contributed by atoms with E-state index in [0.717, 1.165) is 42.5 Å². The number of rotatable bonds is 7. The second-order valence-corrected chi connectivity index (χ2v) is 9.10. The molecular formula is C27H24F2N4O4. The number of hydrogen-bond acceptors (Lipinski definition) is 8. The highest BCUT2D eigenvalue weighted by molar-refractivity contribution is 5.91. The maximum absolute atomic E-state index is 13.4. The molecule has 190 valence electrons. The van der Waals surface area contributed by atoms with Crippen molar-refractivity contribution >= 4 is 27.8 Å². The normalized spacial score (nSPS) is 15.5. The molecule has 5 aromatic rings. The Morgan fingerprint density at radius 3 is 2.22 bits per heavy atom. The molecule has 1 fully saturated rings. The first kappa shape index (κ1) is 23.4. The van der Waals surface area contributed by atoms with Crippen LogP contribution >= 0.6 is 0 Å². The fourth-order valence-electron chi connectivity index (χ4n) is 4.64. The van der Waals surface area contributed by atoms with E-state index in [1.165, 1.54) is 24.3 Å². The van der Waals surface area contributed by atoms with Crippen LogP contribution in [0.1, 0.15) is 0 Å². The van der Waals surface area contributed by atoms with Crippen molar-refractivity contribution in [1.82, 2.24) is 15.2 Å². The zero-order valence-corrected chi connectivity index (χ0v) is 19.8. The number of aliphatic hydroxyl groups is 1. The van der Waals surface area contributed by atoms with Gasteiger partial charge in [0, 0.05) is 55.8 Å². The summed E-state index contributed by atoms with van der Waals surface area (Å²) in [6.07, 6.45) is -0.656. The first-order chi connectivity index (χ1) is 18.0. The van der Waals surface area contributed by atoms with Crippen molar-refractivity contribution in [2.24, 2.45) is 0 Å². The van der Waals surface area contributed by atoms with Crippen LogP contribution < -0.4 is 9.64 Å². The van der Waals surface area contributed by atoms with Gasteiger partial charge in [-0.2, -0.15) is 0 Å². The molecule has 3 aromatic carbocycles. The molecule has 8 nitrogen and oxygen atoms in total. The van der Waals surface area contributed by atoms with Crippen molar-refractivity contribution in [3.8, 4) is 17.0 Å². The fraction of sp³-hybridized carbons (Fsp3) is 0.259. The number of β-amino-alcohol motifs (C(OH)–C–C–N with tert-alkyl or cyclic N) is 1. The second-order valence-electron chi connectivity index (χ2n) is 9.10. The van der Waals surface area contributed by atoms with Gasteiger partial charge in [-0.1, -0.05) is 10.3 Å². The third-order valence-corrected chi connectivity index (χ3v) is 6.56. The van der Waals surface area contributed by atoms with E-state index >= 15 is 0 Å². The molecule has 1 atom stereocenters. The van der Waals surface area contributed by atoms with Gasteiger partial charge in [-0.15, -0.1) is 0 Å². The van der Waals surface area contributed by atoms with E-state index in [-0.39, 0.29) is 18.2 Å². The Kier molecular flexibility index (Phi) is 6.19. The highest BCUT2D eigenvalue weighted by atomic mass is 19.1. The lowest BCUT2D eigenvalue weighted by Crippen LogP contribution is -2.49. The summed E-state index contributed by atoms with van der Waals surface area (Å²) in [5.74, 6) is 0.614. The van der Waals surface area contributed by atoms with Gasteiger partial charge in [-0.05, 0) is 48.5 Å². The highest BCUT2D eigenvalue weighted by Gasteiger charge is 2.23. The Bertz CT molecular complexity index is 1530. The van der Waals surface area contributed by atoms with Crippen LogP contribution in [-0.4, -0.2) is 65.8 Å². The van der Waals surface area contributed by atoms with Gasteiger partial charge in [0.25, 0.3) is 0 Å². The Balaban J connectivity index is 1.000. The van der Waals surface area contributed by atoms with Gasteiger partial charge < -0.3 is 23.8 Å². The average molecular weight is 507 g/mol. The van der Waals surface area contributed by atoms with Gasteiger partial charge >= 0.3 is 0 Å². The van der Waals surface area contributed by atoms with Crippen molar-refractivity contribution in [1.29, 1.82) is 0 Å². The molecule has 1 aliphatic rings. The quantitative estimate of drug-likeness (QED) is 0.346. The first-order valence-electron chi connectivity index (χ1n) is 12.0. The van der Waals surface area contributed by atoms with E-state index in [1.54, 1.807) is 24.3 Å². The summed E-state index contributed by atoms with van der Waals surface area (Å²) in [6.45, 7) is 3.58. The Morgan fingerprint density at radius 2 is 1.49 bits per heavy atom. The lowest BCUT2D eigenvalue weighted by Gasteiger charge is -2.35. The number of nitrogens with zero attached hydrogens (tertiary/aromatic N) is 4. The molecule has 0 amide bonds. The highest BCUT2D eigenvalue weighted by Crippen LogP contribution is 2.30. The molecule has 37 heavy (non-hydrogen) atoms. The predicted molar refractivity (Wildman–Crippen MR) is 134 cm³/mol. The zero-order chi connectivity index (χ0) is 25.4. The Labute approximate surface area is 210 Å². The summed E-state index contributed by atoms with van der Waals surface area (Å²) in [6, 6.07) is 16.1. The number of hydrogen-bond donors (Lipinski definition) is 1. The first-order valence-corrected chi connectivity index (χ1v) is 12.0. The third-order valence-electron chi connectivity index (χ3n) is 6.56. The number of halogens is 2. The predicted octanol–water partition coefficient (Wildman–Crippen LogP) is 4.48. The largest absolute Gasteiger partial charge is 0.491 e. The average Bonchev–Trinajstić information content (AvgIpc) is 3.52. The number of aromatic nitrogens is 2. The van der Waals surface area contributed by atoms with E-state index in [2.05, 4.69) is 20.1 Å². The molecule has 1 saturated heterocycles. The molecule has 0 unspecified atom stereocenters. The van der Waals surface area contributed by atoms with Crippen LogP contribution in [0.4, 0.5) is 14.6 Å². The zero-order valence-electron chi connectivity index (χ0n) is 19.8. The molecule has 6 rings (SSSR count). The summed E-state index contributed by atoms with van der Waals surface area (Å²) >= 11 is 0. The van der Waals surface area contributed by atoms with Crippen LogP contribution in [0.25, 0.3) is 33.2 Å². The smallest absolute Gasteiger partial charge is 0.180 e. The van der Waals surface area contributed by atoms with Gasteiger partial charge in [0.05, 0.1) is 5.39 Å². The standard InChI is InChI=1S/C27H24F2N4O4/c28-18-3-7-22-24(13-18)36-30-26(22)17-1-5-21(6-2-17)35-16-20(34)15-32-9-11-33(12-10-32)27-23-8-4-19(29)14-25(23)37-31-27/h1-8,13-14,20,34H,9-12,15-16H2/t20-/m1/s1. The molecule has 0 saturated carbocycles. The lowest BCUT2D eigenvalue weighted by atomic mass is 10.1. The van der Waals surface area contributed by atoms with E-state index < -0.39 is 6.10 Å². The summed E-state index contributed by atoms with van der Waals surface area (Å²) in [5, 5.41) is 20.2. The number of piperazine rings is 1. The molecule has 1 aliphatic heterocycles. The van der Waals surface area contributed by atoms with E-state index in [1.807, 2.05) is 12.1 Å². The van der Waals surface area contributed by atoms with Crippen molar-refractivity contribution < 1.29 is 27.7 Å².